The first-order valence-corrected chi connectivity index (χ1v) is 27.9. The Morgan fingerprint density at radius 1 is 0.543 bits per heavy atom. The second-order valence-electron chi connectivity index (χ2n) is 18.9. The minimum atomic E-state index is -1.59. The van der Waals surface area contributed by atoms with Gasteiger partial charge in [0.1, 0.15) is 24.4 Å². The number of nitrogens with one attached hydrogen (secondary N) is 1. The van der Waals surface area contributed by atoms with Crippen molar-refractivity contribution in [2.45, 2.75) is 256 Å². The number of aliphatic hydroxyl groups is 5. The summed E-state index contributed by atoms with van der Waals surface area (Å²) in [6.45, 7) is 4.08. The first-order chi connectivity index (χ1) is 34.2. The summed E-state index contributed by atoms with van der Waals surface area (Å²) in [5.74, 6) is -0.267. The molecule has 11 heteroatoms. The number of carbonyl (C=O) groups excluding carboxylic acids is 2. The molecule has 0 bridgehead atoms. The van der Waals surface area contributed by atoms with Crippen LogP contribution in [0.25, 0.3) is 0 Å². The van der Waals surface area contributed by atoms with Gasteiger partial charge in [0.15, 0.2) is 6.29 Å². The highest BCUT2D eigenvalue weighted by molar-refractivity contribution is 5.76. The van der Waals surface area contributed by atoms with Gasteiger partial charge in [0.25, 0.3) is 0 Å². The Kier molecular flexibility index (Phi) is 44.6. The summed E-state index contributed by atoms with van der Waals surface area (Å²) in [5, 5.41) is 54.1. The third-order valence-electron chi connectivity index (χ3n) is 12.4. The predicted octanol–water partition coefficient (Wildman–Crippen LogP) is 12.2. The number of aliphatic hydroxyl groups excluding tert-OH is 5. The zero-order valence-corrected chi connectivity index (χ0v) is 43.9. The second-order valence-corrected chi connectivity index (χ2v) is 18.9. The molecule has 1 heterocycles. The molecule has 1 amide bonds. The summed E-state index contributed by atoms with van der Waals surface area (Å²) in [4.78, 5) is 25.0. The van der Waals surface area contributed by atoms with Gasteiger partial charge in [-0.05, 0) is 122 Å². The largest absolute Gasteiger partial charge is 0.466 e. The lowest BCUT2D eigenvalue weighted by atomic mass is 9.99. The van der Waals surface area contributed by atoms with Crippen LogP contribution < -0.4 is 5.32 Å². The number of unbranched alkanes of at least 4 members (excludes halogenated alkanes) is 20. The molecule has 70 heavy (non-hydrogen) atoms. The van der Waals surface area contributed by atoms with Crippen molar-refractivity contribution in [3.8, 4) is 0 Å². The quantitative estimate of drug-likeness (QED) is 0.0196. The number of amides is 1. The predicted molar refractivity (Wildman–Crippen MR) is 287 cm³/mol. The van der Waals surface area contributed by atoms with E-state index >= 15 is 0 Å². The molecule has 0 aromatic heterocycles. The van der Waals surface area contributed by atoms with Crippen molar-refractivity contribution in [1.29, 1.82) is 0 Å². The van der Waals surface area contributed by atoms with Crippen molar-refractivity contribution in [2.24, 2.45) is 0 Å². The second kappa shape index (κ2) is 48.1. The number of rotatable bonds is 46. The van der Waals surface area contributed by atoms with Gasteiger partial charge in [-0.3, -0.25) is 9.59 Å². The molecule has 0 aliphatic carbocycles. The molecule has 0 radical (unpaired) electrons. The zero-order chi connectivity index (χ0) is 51.0. The van der Waals surface area contributed by atoms with Crippen LogP contribution in [0.15, 0.2) is 85.1 Å². The Labute approximate surface area is 425 Å². The fraction of sp³-hybridized carbons (Fsp3) is 0.729. The Morgan fingerprint density at radius 2 is 1.01 bits per heavy atom. The highest BCUT2D eigenvalue weighted by Crippen LogP contribution is 2.22. The van der Waals surface area contributed by atoms with Crippen molar-refractivity contribution < 1.29 is 49.3 Å². The summed E-state index contributed by atoms with van der Waals surface area (Å²) in [7, 11) is 0. The molecule has 11 nitrogen and oxygen atoms in total. The average Bonchev–Trinajstić information content (AvgIpc) is 3.36. The van der Waals surface area contributed by atoms with Gasteiger partial charge in [-0.1, -0.05) is 163 Å². The van der Waals surface area contributed by atoms with E-state index in [4.69, 9.17) is 14.2 Å². The van der Waals surface area contributed by atoms with Crippen LogP contribution >= 0.6 is 0 Å². The number of esters is 1. The molecule has 0 spiro atoms. The third kappa shape index (κ3) is 37.6. The van der Waals surface area contributed by atoms with Crippen molar-refractivity contribution in [3.05, 3.63) is 85.1 Å². The fourth-order valence-corrected chi connectivity index (χ4v) is 8.00. The molecule has 0 aromatic carbocycles. The average molecular weight is 984 g/mol. The van der Waals surface area contributed by atoms with Gasteiger partial charge in [-0.2, -0.15) is 0 Å². The Hall–Kier alpha value is -3.16. The van der Waals surface area contributed by atoms with E-state index in [1.54, 1.807) is 6.08 Å². The van der Waals surface area contributed by atoms with Gasteiger partial charge in [0.2, 0.25) is 5.91 Å². The van der Waals surface area contributed by atoms with Crippen molar-refractivity contribution >= 4 is 11.9 Å². The summed E-state index contributed by atoms with van der Waals surface area (Å²) in [6, 6.07) is -0.848. The van der Waals surface area contributed by atoms with Crippen LogP contribution in [-0.4, -0.2) is 100 Å². The topological polar surface area (TPSA) is 175 Å². The van der Waals surface area contributed by atoms with Gasteiger partial charge in [0, 0.05) is 12.8 Å². The molecule has 7 unspecified atom stereocenters. The maximum Gasteiger partial charge on any atom is 0.305 e. The minimum Gasteiger partial charge on any atom is -0.466 e. The maximum absolute atomic E-state index is 13.0. The highest BCUT2D eigenvalue weighted by atomic mass is 16.7. The SMILES string of the molecule is CC/C=C/CC/C=C/CC/C=C/C(O)C(COC1OC(CO)C(O)C(O)C1O)NC(=O)CCCCCCCCC/C=C\C/C=C\CCCCCOC(=O)CCCCCCC/C=C\C/C=C\CCCCC. The van der Waals surface area contributed by atoms with Crippen LogP contribution in [0.4, 0.5) is 0 Å². The maximum atomic E-state index is 13.0. The van der Waals surface area contributed by atoms with Crippen LogP contribution in [0.1, 0.15) is 213 Å². The van der Waals surface area contributed by atoms with Gasteiger partial charge in [0.05, 0.1) is 32.0 Å². The lowest BCUT2D eigenvalue weighted by Gasteiger charge is -2.40. The monoisotopic (exact) mass is 984 g/mol. The molecule has 1 rings (SSSR count). The van der Waals surface area contributed by atoms with Gasteiger partial charge in [-0.25, -0.2) is 0 Å². The molecule has 1 aliphatic heterocycles. The van der Waals surface area contributed by atoms with E-state index in [1.165, 1.54) is 57.8 Å². The van der Waals surface area contributed by atoms with Crippen LogP contribution in [0.2, 0.25) is 0 Å². The van der Waals surface area contributed by atoms with E-state index in [9.17, 15) is 35.1 Å². The molecule has 1 fully saturated rings. The summed E-state index contributed by atoms with van der Waals surface area (Å²) in [5.41, 5.74) is 0. The molecule has 7 atom stereocenters. The normalized spacial score (nSPS) is 19.9. The van der Waals surface area contributed by atoms with E-state index in [0.29, 0.717) is 25.9 Å². The van der Waals surface area contributed by atoms with Gasteiger partial charge < -0.3 is 45.1 Å². The van der Waals surface area contributed by atoms with E-state index in [2.05, 4.69) is 92.1 Å². The molecule has 402 valence electrons. The Bertz CT molecular complexity index is 1440. The summed E-state index contributed by atoms with van der Waals surface area (Å²) >= 11 is 0. The smallest absolute Gasteiger partial charge is 0.305 e. The molecule has 0 aromatic rings. The minimum absolute atomic E-state index is 0.0493. The van der Waals surface area contributed by atoms with Crippen LogP contribution in [0.5, 0.6) is 0 Å². The van der Waals surface area contributed by atoms with Crippen molar-refractivity contribution in [1.82, 2.24) is 5.32 Å². The molecule has 0 saturated carbocycles. The third-order valence-corrected chi connectivity index (χ3v) is 12.4. The fourth-order valence-electron chi connectivity index (χ4n) is 8.00. The molecule has 1 aliphatic rings. The van der Waals surface area contributed by atoms with E-state index < -0.39 is 49.5 Å². The number of ether oxygens (including phenoxy) is 3. The Morgan fingerprint density at radius 3 is 1.56 bits per heavy atom. The van der Waals surface area contributed by atoms with Gasteiger partial charge >= 0.3 is 5.97 Å². The lowest BCUT2D eigenvalue weighted by molar-refractivity contribution is -0.302. The van der Waals surface area contributed by atoms with Crippen LogP contribution in [0.3, 0.4) is 0 Å². The first kappa shape index (κ1) is 64.9. The van der Waals surface area contributed by atoms with Crippen molar-refractivity contribution in [3.63, 3.8) is 0 Å². The van der Waals surface area contributed by atoms with Gasteiger partial charge in [-0.15, -0.1) is 0 Å². The van der Waals surface area contributed by atoms with Crippen molar-refractivity contribution in [2.75, 3.05) is 19.8 Å². The highest BCUT2D eigenvalue weighted by Gasteiger charge is 2.44. The van der Waals surface area contributed by atoms with E-state index in [1.807, 2.05) is 6.08 Å². The zero-order valence-electron chi connectivity index (χ0n) is 43.9. The van der Waals surface area contributed by atoms with Crippen LogP contribution in [-0.2, 0) is 23.8 Å². The molecule has 1 saturated heterocycles. The molecular formula is C59H101NO10. The lowest BCUT2D eigenvalue weighted by Crippen LogP contribution is -2.60. The summed E-state index contributed by atoms with van der Waals surface area (Å²) in [6.07, 6.45) is 54.0. The van der Waals surface area contributed by atoms with E-state index in [0.717, 1.165) is 122 Å². The number of hydrogen-bond donors (Lipinski definition) is 6. The molecule has 6 N–H and O–H groups in total. The summed E-state index contributed by atoms with van der Waals surface area (Å²) < 4.78 is 16.6. The molecular weight excluding hydrogens is 883 g/mol. The Balaban J connectivity index is 2.12. The number of allylic oxidation sites excluding steroid dienone is 13. The van der Waals surface area contributed by atoms with Crippen LogP contribution in [0, 0.1) is 0 Å². The number of carbonyl (C=O) groups is 2. The standard InChI is InChI=1S/C59H101NO10/c1-3-5-7-9-11-13-15-16-20-24-27-31-35-39-43-47-55(64)68-48-44-40-36-32-28-25-22-19-17-18-21-23-26-30-34-38-42-46-54(63)60-51(50-69-59-58(67)57(66)56(65)53(49-61)70-59)52(62)45-41-37-33-29-14-12-10-8-6-4-2/h6,8,11,13-14,16-17,19-20,25,28-29,41,45,51-53,56-59,61-62,65-67H,3-5,7,9-10,12,15,18,21-24,26-27,30-40,42-44,46-50H2,1-2H3,(H,60,63)/b8-6+,13-11-,19-17-,20-16-,28-25-,29-14+,45-41+. The van der Waals surface area contributed by atoms with E-state index in [-0.39, 0.29) is 18.5 Å². The number of hydrogen-bond acceptors (Lipinski definition) is 10. The first-order valence-electron chi connectivity index (χ1n) is 27.9.